The lowest BCUT2D eigenvalue weighted by molar-refractivity contribution is -0.171. The first-order valence-electron chi connectivity index (χ1n) is 11.1. The predicted octanol–water partition coefficient (Wildman–Crippen LogP) is 3.29. The minimum atomic E-state index is -1.74. The van der Waals surface area contributed by atoms with Crippen molar-refractivity contribution in [2.75, 3.05) is 31.2 Å². The fraction of sp³-hybridized carbons (Fsp3) is 0.520. The van der Waals surface area contributed by atoms with Crippen LogP contribution in [0.3, 0.4) is 0 Å². The van der Waals surface area contributed by atoms with Gasteiger partial charge in [0.1, 0.15) is 5.69 Å². The Labute approximate surface area is 194 Å². The van der Waals surface area contributed by atoms with Crippen molar-refractivity contribution in [2.45, 2.75) is 52.9 Å². The van der Waals surface area contributed by atoms with Crippen LogP contribution in [0.2, 0.25) is 0 Å². The van der Waals surface area contributed by atoms with Crippen LogP contribution in [-0.4, -0.2) is 49.5 Å². The Bertz CT molecular complexity index is 976. The average molecular weight is 457 g/mol. The Morgan fingerprint density at radius 3 is 2.27 bits per heavy atom. The molecule has 1 aliphatic heterocycles. The second-order valence-electron chi connectivity index (χ2n) is 7.50. The number of pyridine rings is 1. The van der Waals surface area contributed by atoms with E-state index >= 15 is 0 Å². The zero-order chi connectivity index (χ0) is 24.3. The average Bonchev–Trinajstić information content (AvgIpc) is 2.82. The molecular formula is C25H29FN2O5. The van der Waals surface area contributed by atoms with Crippen LogP contribution in [0, 0.1) is 34.9 Å². The van der Waals surface area contributed by atoms with Crippen molar-refractivity contribution in [2.24, 2.45) is 5.41 Å². The maximum absolute atomic E-state index is 14.6. The van der Waals surface area contributed by atoms with E-state index in [1.54, 1.807) is 20.8 Å². The second kappa shape index (κ2) is 12.6. The van der Waals surface area contributed by atoms with Crippen LogP contribution >= 0.6 is 0 Å². The van der Waals surface area contributed by atoms with Crippen molar-refractivity contribution in [3.8, 4) is 23.7 Å². The number of anilines is 1. The first-order valence-corrected chi connectivity index (χ1v) is 11.1. The van der Waals surface area contributed by atoms with E-state index < -0.39 is 23.2 Å². The number of halogens is 1. The van der Waals surface area contributed by atoms with E-state index in [2.05, 4.69) is 28.7 Å². The van der Waals surface area contributed by atoms with Gasteiger partial charge in [0.15, 0.2) is 23.3 Å². The third-order valence-corrected chi connectivity index (χ3v) is 5.27. The topological polar surface area (TPSA) is 85.8 Å². The van der Waals surface area contributed by atoms with Crippen molar-refractivity contribution >= 4 is 24.0 Å². The molecule has 1 aromatic rings. The van der Waals surface area contributed by atoms with Crippen molar-refractivity contribution in [1.29, 1.82) is 0 Å². The number of carbonyl (C=O) groups excluding carboxylic acids is 3. The number of carbonyl (C=O) groups is 3. The van der Waals surface area contributed by atoms with Crippen LogP contribution in [0.1, 0.15) is 68.9 Å². The van der Waals surface area contributed by atoms with E-state index in [0.717, 1.165) is 25.3 Å². The van der Waals surface area contributed by atoms with Crippen molar-refractivity contribution in [1.82, 2.24) is 4.98 Å². The molecule has 2 heterocycles. The first kappa shape index (κ1) is 25.9. The zero-order valence-electron chi connectivity index (χ0n) is 19.3. The quantitative estimate of drug-likeness (QED) is 0.257. The highest BCUT2D eigenvalue weighted by Crippen LogP contribution is 2.30. The number of ether oxygens (including phenoxy) is 2. The molecule has 0 bridgehead atoms. The minimum Gasteiger partial charge on any atom is -0.465 e. The number of aldehydes is 1. The number of aromatic nitrogens is 1. The molecule has 0 amide bonds. The Morgan fingerprint density at radius 1 is 1.12 bits per heavy atom. The SMILES string of the molecule is CC#CCC(CC#Cc1nc(N2CCCCC2)c(F)cc1C=O)(C(=O)OCC)C(=O)OCC. The van der Waals surface area contributed by atoms with Crippen LogP contribution in [0.5, 0.6) is 0 Å². The second-order valence-corrected chi connectivity index (χ2v) is 7.50. The molecule has 1 aliphatic rings. The fourth-order valence-electron chi connectivity index (χ4n) is 3.50. The van der Waals surface area contributed by atoms with E-state index in [1.807, 2.05) is 4.90 Å². The molecule has 0 radical (unpaired) electrons. The number of nitrogens with zero attached hydrogens (tertiary/aromatic N) is 2. The smallest absolute Gasteiger partial charge is 0.325 e. The molecule has 0 N–H and O–H groups in total. The molecule has 176 valence electrons. The minimum absolute atomic E-state index is 0.00743. The lowest BCUT2D eigenvalue weighted by Gasteiger charge is -2.28. The summed E-state index contributed by atoms with van der Waals surface area (Å²) < 4.78 is 24.8. The van der Waals surface area contributed by atoms with Gasteiger partial charge in [-0.2, -0.15) is 0 Å². The molecule has 1 saturated heterocycles. The molecule has 0 aromatic carbocycles. The molecule has 8 heteroatoms. The van der Waals surface area contributed by atoms with Crippen LogP contribution in [0.4, 0.5) is 10.2 Å². The number of hydrogen-bond acceptors (Lipinski definition) is 7. The highest BCUT2D eigenvalue weighted by Gasteiger charge is 2.48. The lowest BCUT2D eigenvalue weighted by atomic mass is 9.81. The Balaban J connectivity index is 2.46. The standard InChI is InChI=1S/C25H29FN2O5/c1-4-7-13-25(23(30)32-5-2,24(31)33-6-3)14-11-12-21-19(18-29)17-20(26)22(27-21)28-15-9-8-10-16-28/h17-18H,5-6,8-10,13-16H2,1-3H3. The summed E-state index contributed by atoms with van der Waals surface area (Å²) in [5.41, 5.74) is -1.67. The van der Waals surface area contributed by atoms with Crippen molar-refractivity contribution in [3.63, 3.8) is 0 Å². The molecule has 0 saturated carbocycles. The summed E-state index contributed by atoms with van der Waals surface area (Å²) in [4.78, 5) is 43.2. The van der Waals surface area contributed by atoms with Gasteiger partial charge in [-0.05, 0) is 52.0 Å². The molecule has 7 nitrogen and oxygen atoms in total. The number of esters is 2. The van der Waals surface area contributed by atoms with E-state index in [0.29, 0.717) is 19.4 Å². The number of rotatable bonds is 8. The molecule has 2 rings (SSSR count). The van der Waals surface area contributed by atoms with Crippen molar-refractivity contribution < 1.29 is 28.2 Å². The van der Waals surface area contributed by atoms with E-state index in [1.165, 1.54) is 0 Å². The highest BCUT2D eigenvalue weighted by molar-refractivity contribution is 6.00. The van der Waals surface area contributed by atoms with E-state index in [-0.39, 0.29) is 43.1 Å². The number of piperidine rings is 1. The van der Waals surface area contributed by atoms with Gasteiger partial charge < -0.3 is 14.4 Å². The fourth-order valence-corrected chi connectivity index (χ4v) is 3.50. The van der Waals surface area contributed by atoms with E-state index in [9.17, 15) is 18.8 Å². The third-order valence-electron chi connectivity index (χ3n) is 5.27. The summed E-state index contributed by atoms with van der Waals surface area (Å²) >= 11 is 0. The molecule has 33 heavy (non-hydrogen) atoms. The van der Waals surface area contributed by atoms with Gasteiger partial charge in [0.05, 0.1) is 18.8 Å². The summed E-state index contributed by atoms with van der Waals surface area (Å²) in [6.45, 7) is 6.33. The predicted molar refractivity (Wildman–Crippen MR) is 121 cm³/mol. The molecule has 0 spiro atoms. The largest absolute Gasteiger partial charge is 0.465 e. The van der Waals surface area contributed by atoms with Crippen LogP contribution in [0.15, 0.2) is 6.07 Å². The Kier molecular flexibility index (Phi) is 9.87. The third kappa shape index (κ3) is 6.32. The summed E-state index contributed by atoms with van der Waals surface area (Å²) in [5, 5.41) is 0. The van der Waals surface area contributed by atoms with Gasteiger partial charge in [-0.1, -0.05) is 5.92 Å². The van der Waals surface area contributed by atoms with Crippen LogP contribution in [-0.2, 0) is 19.1 Å². The Hall–Kier alpha value is -3.39. The lowest BCUT2D eigenvalue weighted by Crippen LogP contribution is -2.41. The van der Waals surface area contributed by atoms with E-state index in [4.69, 9.17) is 9.47 Å². The number of hydrogen-bond donors (Lipinski definition) is 0. The molecule has 0 atom stereocenters. The molecule has 1 aromatic heterocycles. The zero-order valence-corrected chi connectivity index (χ0v) is 19.3. The maximum atomic E-state index is 14.6. The van der Waals surface area contributed by atoms with Gasteiger partial charge in [0.25, 0.3) is 0 Å². The first-order chi connectivity index (χ1) is 15.9. The van der Waals surface area contributed by atoms with Crippen LogP contribution in [0.25, 0.3) is 0 Å². The summed E-state index contributed by atoms with van der Waals surface area (Å²) in [6, 6.07) is 1.11. The summed E-state index contributed by atoms with van der Waals surface area (Å²) in [6.07, 6.45) is 3.02. The van der Waals surface area contributed by atoms with Gasteiger partial charge >= 0.3 is 11.9 Å². The summed E-state index contributed by atoms with van der Waals surface area (Å²) in [7, 11) is 0. The molecule has 1 fully saturated rings. The van der Waals surface area contributed by atoms with Gasteiger partial charge in [-0.3, -0.25) is 14.4 Å². The molecule has 0 aliphatic carbocycles. The van der Waals surface area contributed by atoms with Crippen molar-refractivity contribution in [3.05, 3.63) is 23.1 Å². The van der Waals surface area contributed by atoms with Crippen LogP contribution < -0.4 is 4.90 Å². The molecular weight excluding hydrogens is 427 g/mol. The van der Waals surface area contributed by atoms with Gasteiger partial charge in [0, 0.05) is 25.9 Å². The van der Waals surface area contributed by atoms with Gasteiger partial charge in [0.2, 0.25) is 0 Å². The normalized spacial score (nSPS) is 13.2. The Morgan fingerprint density at radius 2 is 1.73 bits per heavy atom. The molecule has 0 unspecified atom stereocenters. The van der Waals surface area contributed by atoms with Gasteiger partial charge in [-0.25, -0.2) is 9.37 Å². The van der Waals surface area contributed by atoms with Gasteiger partial charge in [-0.15, -0.1) is 11.8 Å². The highest BCUT2D eigenvalue weighted by atomic mass is 19.1. The summed E-state index contributed by atoms with van der Waals surface area (Å²) in [5.74, 6) is 8.94. The monoisotopic (exact) mass is 456 g/mol. The maximum Gasteiger partial charge on any atom is 0.325 e.